The van der Waals surface area contributed by atoms with Crippen molar-refractivity contribution in [1.82, 2.24) is 19.5 Å². The van der Waals surface area contributed by atoms with E-state index in [2.05, 4.69) is 21.5 Å². The highest BCUT2D eigenvalue weighted by molar-refractivity contribution is 6.28. The van der Waals surface area contributed by atoms with Gasteiger partial charge >= 0.3 is 0 Å². The van der Waals surface area contributed by atoms with Gasteiger partial charge < -0.3 is 24.1 Å². The maximum Gasteiger partial charge on any atom is 0.247 e. The molecule has 140 valence electrons. The van der Waals surface area contributed by atoms with E-state index in [1.54, 1.807) is 17.0 Å². The summed E-state index contributed by atoms with van der Waals surface area (Å²) in [5, 5.41) is 9.66. The Bertz CT molecular complexity index is 841. The monoisotopic (exact) mass is 382 g/mol. The number of hydrogen-bond donors (Lipinski definition) is 1. The minimum absolute atomic E-state index is 0.0236. The Morgan fingerprint density at radius 3 is 2.88 bits per heavy atom. The largest absolute Gasteiger partial charge is 0.472 e. The zero-order valence-electron chi connectivity index (χ0n) is 14.3. The smallest absolute Gasteiger partial charge is 0.247 e. The van der Waals surface area contributed by atoms with Gasteiger partial charge in [-0.15, -0.1) is 0 Å². The zero-order valence-corrected chi connectivity index (χ0v) is 15.1. The number of rotatable bonds is 5. The first-order valence-electron chi connectivity index (χ1n) is 8.19. The van der Waals surface area contributed by atoms with Gasteiger partial charge in [-0.25, -0.2) is 4.98 Å². The molecule has 9 nitrogen and oxygen atoms in total. The van der Waals surface area contributed by atoms with E-state index in [1.807, 2.05) is 13.8 Å². The number of hydrogen-bond acceptors (Lipinski definition) is 8. The second kappa shape index (κ2) is 6.43. The molecule has 0 aromatic carbocycles. The molecular formula is C16H19ClN4O5. The summed E-state index contributed by atoms with van der Waals surface area (Å²) in [5.41, 5.74) is 0.890. The third-order valence-electron chi connectivity index (χ3n) is 4.28. The average Bonchev–Trinajstić information content (AvgIpc) is 3.23. The lowest BCUT2D eigenvalue weighted by Gasteiger charge is -2.24. The minimum Gasteiger partial charge on any atom is -0.472 e. The van der Waals surface area contributed by atoms with Crippen LogP contribution in [0.3, 0.4) is 0 Å². The maximum atomic E-state index is 9.64. The van der Waals surface area contributed by atoms with Crippen LogP contribution in [0.1, 0.15) is 20.1 Å². The Kier molecular flexibility index (Phi) is 4.36. The molecule has 1 N–H and O–H groups in total. The number of halogens is 1. The molecule has 2 fully saturated rings. The van der Waals surface area contributed by atoms with Crippen LogP contribution in [0.15, 0.2) is 19.0 Å². The fourth-order valence-electron chi connectivity index (χ4n) is 3.32. The molecule has 4 rings (SSSR count). The van der Waals surface area contributed by atoms with Crippen LogP contribution in [0.25, 0.3) is 11.2 Å². The van der Waals surface area contributed by atoms with Crippen LogP contribution in [0.2, 0.25) is 5.28 Å². The lowest BCUT2D eigenvalue weighted by Crippen LogP contribution is -2.31. The van der Waals surface area contributed by atoms with Gasteiger partial charge in [0.25, 0.3) is 0 Å². The molecule has 2 aromatic heterocycles. The topological polar surface area (TPSA) is 101 Å². The Balaban J connectivity index is 1.75. The summed E-state index contributed by atoms with van der Waals surface area (Å²) in [6, 6.07) is 0. The number of fused-ring (bicyclic) bond motifs is 2. The first kappa shape index (κ1) is 17.6. The molecule has 10 heteroatoms. The van der Waals surface area contributed by atoms with E-state index in [1.165, 1.54) is 0 Å². The van der Waals surface area contributed by atoms with Crippen LogP contribution >= 0.6 is 11.6 Å². The number of imidazole rings is 1. The molecule has 0 amide bonds. The zero-order chi connectivity index (χ0) is 18.5. The van der Waals surface area contributed by atoms with Gasteiger partial charge in [-0.2, -0.15) is 9.97 Å². The van der Waals surface area contributed by atoms with E-state index in [9.17, 15) is 5.11 Å². The molecule has 4 heterocycles. The van der Waals surface area contributed by atoms with Gasteiger partial charge in [0.1, 0.15) is 24.9 Å². The van der Waals surface area contributed by atoms with E-state index in [0.29, 0.717) is 11.2 Å². The minimum atomic E-state index is -0.772. The van der Waals surface area contributed by atoms with Crippen LogP contribution in [0.4, 0.5) is 0 Å². The number of aliphatic hydroxyl groups is 1. The molecule has 2 aromatic rings. The van der Waals surface area contributed by atoms with Crippen molar-refractivity contribution in [3.63, 3.8) is 0 Å². The first-order valence-corrected chi connectivity index (χ1v) is 8.57. The fourth-order valence-corrected chi connectivity index (χ4v) is 3.48. The molecule has 0 spiro atoms. The molecule has 26 heavy (non-hydrogen) atoms. The van der Waals surface area contributed by atoms with E-state index in [4.69, 9.17) is 30.5 Å². The highest BCUT2D eigenvalue weighted by Crippen LogP contribution is 2.43. The van der Waals surface area contributed by atoms with E-state index < -0.39 is 30.3 Å². The number of aromatic nitrogens is 4. The Hall–Kier alpha value is -1.78. The first-order chi connectivity index (χ1) is 12.4. The second-order valence-corrected chi connectivity index (χ2v) is 6.87. The van der Waals surface area contributed by atoms with Gasteiger partial charge in [0.15, 0.2) is 23.2 Å². The van der Waals surface area contributed by atoms with Crippen LogP contribution in [0, 0.1) is 0 Å². The standard InChI is InChI=1S/C16H19ClN4O5/c1-4-5-23-13-9-12(19-15(17)20-13)21(7-18-9)14-11-10(8(6-22)24-14)25-16(2,3)26-11/h4,7-8,10-11,14,22H,1,5-6H2,2-3H3/t8-,10-,11-,14-/m1/s1. The molecule has 0 bridgehead atoms. The van der Waals surface area contributed by atoms with Gasteiger partial charge in [0.05, 0.1) is 12.9 Å². The molecule has 2 saturated heterocycles. The number of ether oxygens (including phenoxy) is 4. The average molecular weight is 383 g/mol. The predicted molar refractivity (Wildman–Crippen MR) is 90.8 cm³/mol. The highest BCUT2D eigenvalue weighted by atomic mass is 35.5. The molecule has 2 aliphatic heterocycles. The lowest BCUT2D eigenvalue weighted by molar-refractivity contribution is -0.199. The third kappa shape index (κ3) is 2.85. The van der Waals surface area contributed by atoms with Gasteiger partial charge in [-0.1, -0.05) is 12.7 Å². The summed E-state index contributed by atoms with van der Waals surface area (Å²) in [4.78, 5) is 12.7. The van der Waals surface area contributed by atoms with Crippen molar-refractivity contribution in [1.29, 1.82) is 0 Å². The van der Waals surface area contributed by atoms with Gasteiger partial charge in [-0.3, -0.25) is 4.57 Å². The van der Waals surface area contributed by atoms with Crippen molar-refractivity contribution in [2.45, 2.75) is 44.2 Å². The molecule has 2 aliphatic rings. The Morgan fingerprint density at radius 2 is 2.15 bits per heavy atom. The normalized spacial score (nSPS) is 29.8. The molecular weight excluding hydrogens is 364 g/mol. The molecule has 0 aliphatic carbocycles. The summed E-state index contributed by atoms with van der Waals surface area (Å²) in [7, 11) is 0. The van der Waals surface area contributed by atoms with Gasteiger partial charge in [0, 0.05) is 0 Å². The Morgan fingerprint density at radius 1 is 1.38 bits per heavy atom. The van der Waals surface area contributed by atoms with Crippen molar-refractivity contribution >= 4 is 22.8 Å². The van der Waals surface area contributed by atoms with Crippen molar-refractivity contribution in [3.05, 3.63) is 24.3 Å². The molecule has 0 saturated carbocycles. The number of nitrogens with zero attached hydrogens (tertiary/aromatic N) is 4. The SMILES string of the molecule is C=CCOc1nc(Cl)nc2c1ncn2[C@@H]1O[C@H](CO)[C@H]2OC(C)(C)O[C@H]21. The van der Waals surface area contributed by atoms with E-state index >= 15 is 0 Å². The number of aliphatic hydroxyl groups excluding tert-OH is 1. The van der Waals surface area contributed by atoms with Crippen molar-refractivity contribution < 1.29 is 24.1 Å². The lowest BCUT2D eigenvalue weighted by atomic mass is 10.1. The molecule has 4 atom stereocenters. The summed E-state index contributed by atoms with van der Waals surface area (Å²) in [6.07, 6.45) is 1.24. The molecule has 0 radical (unpaired) electrons. The maximum absolute atomic E-state index is 9.64. The summed E-state index contributed by atoms with van der Waals surface area (Å²) < 4.78 is 25.0. The van der Waals surface area contributed by atoms with Crippen LogP contribution in [-0.2, 0) is 14.2 Å². The quantitative estimate of drug-likeness (QED) is 0.612. The van der Waals surface area contributed by atoms with Gasteiger partial charge in [0.2, 0.25) is 11.2 Å². The third-order valence-corrected chi connectivity index (χ3v) is 4.45. The van der Waals surface area contributed by atoms with E-state index in [-0.39, 0.29) is 24.4 Å². The molecule has 0 unspecified atom stereocenters. The van der Waals surface area contributed by atoms with Crippen LogP contribution in [-0.4, -0.2) is 61.9 Å². The highest BCUT2D eigenvalue weighted by Gasteiger charge is 2.56. The van der Waals surface area contributed by atoms with Crippen molar-refractivity contribution in [3.8, 4) is 5.88 Å². The van der Waals surface area contributed by atoms with Gasteiger partial charge in [-0.05, 0) is 25.4 Å². The second-order valence-electron chi connectivity index (χ2n) is 6.53. The van der Waals surface area contributed by atoms with Crippen LogP contribution < -0.4 is 4.74 Å². The summed E-state index contributed by atoms with van der Waals surface area (Å²) in [6.45, 7) is 7.33. The Labute approximate surface area is 154 Å². The van der Waals surface area contributed by atoms with Crippen molar-refractivity contribution in [2.24, 2.45) is 0 Å². The predicted octanol–water partition coefficient (Wildman–Crippen LogP) is 1.45. The summed E-state index contributed by atoms with van der Waals surface area (Å²) >= 11 is 6.04. The summed E-state index contributed by atoms with van der Waals surface area (Å²) in [5.74, 6) is -0.512. The van der Waals surface area contributed by atoms with Crippen molar-refractivity contribution in [2.75, 3.05) is 13.2 Å². The van der Waals surface area contributed by atoms with Crippen LogP contribution in [0.5, 0.6) is 5.88 Å². The fraction of sp³-hybridized carbons (Fsp3) is 0.562. The van der Waals surface area contributed by atoms with E-state index in [0.717, 1.165) is 0 Å².